The lowest BCUT2D eigenvalue weighted by atomic mass is 10.1. The summed E-state index contributed by atoms with van der Waals surface area (Å²) in [6.45, 7) is 2.99. The number of nitrogens with one attached hydrogen (secondary N) is 1. The molecule has 0 saturated carbocycles. The highest BCUT2D eigenvalue weighted by Crippen LogP contribution is 2.27. The Bertz CT molecular complexity index is 1440. The molecule has 0 bridgehead atoms. The van der Waals surface area contributed by atoms with Gasteiger partial charge in [-0.2, -0.15) is 0 Å². The van der Waals surface area contributed by atoms with E-state index in [-0.39, 0.29) is 12.3 Å². The molecule has 0 aliphatic rings. The third-order valence-corrected chi connectivity index (χ3v) is 7.27. The molecule has 178 valence electrons. The molecule has 2 aromatic carbocycles. The van der Waals surface area contributed by atoms with Gasteiger partial charge in [0.15, 0.2) is 4.96 Å². The van der Waals surface area contributed by atoms with Crippen LogP contribution in [-0.4, -0.2) is 34.0 Å². The fourth-order valence-electron chi connectivity index (χ4n) is 3.65. The summed E-state index contributed by atoms with van der Waals surface area (Å²) in [6.07, 6.45) is 2.25. The number of hydrogen-bond donors (Lipinski definition) is 1. The Balaban J connectivity index is 1.21. The number of nitrogens with zero attached hydrogens (tertiary/aromatic N) is 3. The van der Waals surface area contributed by atoms with E-state index in [1.54, 1.807) is 18.4 Å². The van der Waals surface area contributed by atoms with Gasteiger partial charge in [0.2, 0.25) is 5.91 Å². The molecule has 0 fully saturated rings. The summed E-state index contributed by atoms with van der Waals surface area (Å²) in [4.78, 5) is 22.9. The standard InChI is InChI=1S/C26H24N4O3S2/c1-3-33-22-10-4-17(5-11-22)23-14-30-20(16-35-26(30)29-23)12-24(31)27-13-19-15-34-25(28-19)18-6-8-21(32-2)9-7-18/h4-11,14-16H,3,12-13H2,1-2H3,(H,27,31). The molecule has 3 aromatic heterocycles. The zero-order chi connectivity index (χ0) is 24.2. The van der Waals surface area contributed by atoms with Crippen molar-refractivity contribution in [3.63, 3.8) is 0 Å². The lowest BCUT2D eigenvalue weighted by Crippen LogP contribution is -2.25. The van der Waals surface area contributed by atoms with Gasteiger partial charge >= 0.3 is 0 Å². The third kappa shape index (κ3) is 5.21. The Labute approximate surface area is 211 Å². The lowest BCUT2D eigenvalue weighted by Gasteiger charge is -2.04. The van der Waals surface area contributed by atoms with Gasteiger partial charge in [0, 0.05) is 33.8 Å². The van der Waals surface area contributed by atoms with Gasteiger partial charge in [-0.1, -0.05) is 0 Å². The monoisotopic (exact) mass is 504 g/mol. The van der Waals surface area contributed by atoms with Crippen molar-refractivity contribution >= 4 is 33.5 Å². The fraction of sp³-hybridized carbons (Fsp3) is 0.192. The number of fused-ring (bicyclic) bond motifs is 1. The minimum Gasteiger partial charge on any atom is -0.497 e. The van der Waals surface area contributed by atoms with Crippen LogP contribution in [0, 0.1) is 0 Å². The summed E-state index contributed by atoms with van der Waals surface area (Å²) in [5, 5.41) is 7.85. The number of aromatic nitrogens is 3. The first-order chi connectivity index (χ1) is 17.1. The van der Waals surface area contributed by atoms with Crippen molar-refractivity contribution in [2.45, 2.75) is 19.9 Å². The average Bonchev–Trinajstić information content (AvgIpc) is 3.61. The molecular formula is C26H24N4O3S2. The van der Waals surface area contributed by atoms with E-state index in [4.69, 9.17) is 14.5 Å². The van der Waals surface area contributed by atoms with Gasteiger partial charge in [-0.05, 0) is 55.5 Å². The van der Waals surface area contributed by atoms with Crippen molar-refractivity contribution in [3.8, 4) is 33.3 Å². The molecule has 0 atom stereocenters. The molecule has 5 aromatic rings. The van der Waals surface area contributed by atoms with Crippen molar-refractivity contribution in [3.05, 3.63) is 76.9 Å². The lowest BCUT2D eigenvalue weighted by molar-refractivity contribution is -0.120. The highest BCUT2D eigenvalue weighted by Gasteiger charge is 2.13. The maximum Gasteiger partial charge on any atom is 0.226 e. The number of hydrogen-bond acceptors (Lipinski definition) is 7. The molecule has 0 aliphatic carbocycles. The van der Waals surface area contributed by atoms with E-state index in [0.717, 1.165) is 49.7 Å². The van der Waals surface area contributed by atoms with E-state index in [0.29, 0.717) is 13.2 Å². The van der Waals surface area contributed by atoms with Crippen LogP contribution in [0.2, 0.25) is 0 Å². The van der Waals surface area contributed by atoms with Crippen molar-refractivity contribution in [2.24, 2.45) is 0 Å². The second kappa shape index (κ2) is 10.3. The van der Waals surface area contributed by atoms with Gasteiger partial charge in [-0.25, -0.2) is 9.97 Å². The second-order valence-electron chi connectivity index (χ2n) is 7.79. The highest BCUT2D eigenvalue weighted by molar-refractivity contribution is 7.15. The summed E-state index contributed by atoms with van der Waals surface area (Å²) < 4.78 is 12.7. The molecular weight excluding hydrogens is 480 g/mol. The largest absolute Gasteiger partial charge is 0.497 e. The number of amides is 1. The molecule has 0 saturated heterocycles. The summed E-state index contributed by atoms with van der Waals surface area (Å²) >= 11 is 3.09. The summed E-state index contributed by atoms with van der Waals surface area (Å²) in [7, 11) is 1.65. The number of methoxy groups -OCH3 is 1. The van der Waals surface area contributed by atoms with Gasteiger partial charge in [0.1, 0.15) is 16.5 Å². The maximum atomic E-state index is 12.7. The minimum absolute atomic E-state index is 0.0555. The van der Waals surface area contributed by atoms with Gasteiger partial charge < -0.3 is 14.8 Å². The normalized spacial score (nSPS) is 11.0. The number of benzene rings is 2. The van der Waals surface area contributed by atoms with E-state index in [1.807, 2.05) is 76.8 Å². The minimum atomic E-state index is -0.0555. The smallest absolute Gasteiger partial charge is 0.226 e. The quantitative estimate of drug-likeness (QED) is 0.289. The molecule has 3 heterocycles. The first-order valence-electron chi connectivity index (χ1n) is 11.2. The molecule has 5 rings (SSSR count). The molecule has 0 unspecified atom stereocenters. The van der Waals surface area contributed by atoms with E-state index in [1.165, 1.54) is 11.3 Å². The number of ether oxygens (including phenoxy) is 2. The van der Waals surface area contributed by atoms with Crippen LogP contribution < -0.4 is 14.8 Å². The van der Waals surface area contributed by atoms with Crippen LogP contribution in [-0.2, 0) is 17.8 Å². The first-order valence-corrected chi connectivity index (χ1v) is 12.9. The zero-order valence-electron chi connectivity index (χ0n) is 19.4. The molecule has 35 heavy (non-hydrogen) atoms. The van der Waals surface area contributed by atoms with E-state index >= 15 is 0 Å². The number of rotatable bonds is 9. The molecule has 7 nitrogen and oxygen atoms in total. The van der Waals surface area contributed by atoms with Crippen LogP contribution in [0.5, 0.6) is 11.5 Å². The Hall–Kier alpha value is -3.69. The Morgan fingerprint density at radius 1 is 0.971 bits per heavy atom. The molecule has 9 heteroatoms. The van der Waals surface area contributed by atoms with Crippen molar-refractivity contribution < 1.29 is 14.3 Å². The predicted octanol–water partition coefficient (Wildman–Crippen LogP) is 5.45. The van der Waals surface area contributed by atoms with Gasteiger partial charge in [-0.15, -0.1) is 22.7 Å². The van der Waals surface area contributed by atoms with Crippen molar-refractivity contribution in [1.29, 1.82) is 0 Å². The van der Waals surface area contributed by atoms with Crippen molar-refractivity contribution in [2.75, 3.05) is 13.7 Å². The predicted molar refractivity (Wildman–Crippen MR) is 139 cm³/mol. The van der Waals surface area contributed by atoms with Gasteiger partial charge in [-0.3, -0.25) is 9.20 Å². The molecule has 1 amide bonds. The van der Waals surface area contributed by atoms with Gasteiger partial charge in [0.05, 0.1) is 38.1 Å². The van der Waals surface area contributed by atoms with Crippen LogP contribution in [0.4, 0.5) is 0 Å². The molecule has 1 N–H and O–H groups in total. The van der Waals surface area contributed by atoms with Crippen LogP contribution in [0.3, 0.4) is 0 Å². The van der Waals surface area contributed by atoms with E-state index in [9.17, 15) is 4.79 Å². The summed E-state index contributed by atoms with van der Waals surface area (Å²) in [6, 6.07) is 15.7. The van der Waals surface area contributed by atoms with Crippen molar-refractivity contribution in [1.82, 2.24) is 19.7 Å². The highest BCUT2D eigenvalue weighted by atomic mass is 32.1. The summed E-state index contributed by atoms with van der Waals surface area (Å²) in [5.74, 6) is 1.59. The second-order valence-corrected chi connectivity index (χ2v) is 9.48. The Morgan fingerprint density at radius 2 is 1.71 bits per heavy atom. The molecule has 0 aliphatic heterocycles. The number of carbonyl (C=O) groups excluding carboxylic acids is 1. The number of carbonyl (C=O) groups is 1. The van der Waals surface area contributed by atoms with Crippen LogP contribution >= 0.6 is 22.7 Å². The van der Waals surface area contributed by atoms with Crippen LogP contribution in [0.1, 0.15) is 18.3 Å². The maximum absolute atomic E-state index is 12.7. The fourth-order valence-corrected chi connectivity index (χ4v) is 5.35. The Kier molecular flexibility index (Phi) is 6.78. The summed E-state index contributed by atoms with van der Waals surface area (Å²) in [5.41, 5.74) is 4.65. The topological polar surface area (TPSA) is 77.8 Å². The molecule has 0 spiro atoms. The number of imidazole rings is 1. The first kappa shape index (κ1) is 23.1. The Morgan fingerprint density at radius 3 is 2.46 bits per heavy atom. The number of thiazole rings is 2. The third-order valence-electron chi connectivity index (χ3n) is 5.44. The SMILES string of the molecule is CCOc1ccc(-c2cn3c(CC(=O)NCc4csc(-c5ccc(OC)cc5)n4)csc3n2)cc1. The average molecular weight is 505 g/mol. The van der Waals surface area contributed by atoms with Crippen LogP contribution in [0.25, 0.3) is 26.8 Å². The van der Waals surface area contributed by atoms with Crippen LogP contribution in [0.15, 0.2) is 65.5 Å². The van der Waals surface area contributed by atoms with Gasteiger partial charge in [0.25, 0.3) is 0 Å². The zero-order valence-corrected chi connectivity index (χ0v) is 21.0. The van der Waals surface area contributed by atoms with E-state index in [2.05, 4.69) is 10.3 Å². The molecule has 0 radical (unpaired) electrons. The van der Waals surface area contributed by atoms with E-state index < -0.39 is 0 Å².